The molecular formula is C11H16N2O2. The van der Waals surface area contributed by atoms with Crippen molar-refractivity contribution >= 4 is 0 Å². The van der Waals surface area contributed by atoms with E-state index in [1.165, 1.54) is 0 Å². The summed E-state index contributed by atoms with van der Waals surface area (Å²) in [5, 5.41) is 10.6. The van der Waals surface area contributed by atoms with Crippen molar-refractivity contribution < 1.29 is 9.52 Å². The number of rotatable bonds is 1. The summed E-state index contributed by atoms with van der Waals surface area (Å²) in [7, 11) is 0. The summed E-state index contributed by atoms with van der Waals surface area (Å²) in [5.41, 5.74) is -0.0000260. The number of hydrogen-bond donors (Lipinski definition) is 1. The first-order valence-corrected chi connectivity index (χ1v) is 5.56. The van der Waals surface area contributed by atoms with E-state index in [4.69, 9.17) is 4.42 Å². The summed E-state index contributed by atoms with van der Waals surface area (Å²) in [5.74, 6) is 0.829. The van der Waals surface area contributed by atoms with Gasteiger partial charge in [0.2, 0.25) is 5.89 Å². The molecule has 1 unspecified atom stereocenters. The lowest BCUT2D eigenvalue weighted by Gasteiger charge is -2.48. The summed E-state index contributed by atoms with van der Waals surface area (Å²) in [4.78, 5) is 6.57. The van der Waals surface area contributed by atoms with Crippen LogP contribution in [0.15, 0.2) is 10.7 Å². The number of nitrogens with zero attached hydrogens (tertiary/aromatic N) is 2. The SMILES string of the molecule is Cc1coc(C2(O)CN3CCC2CC3)n1. The van der Waals surface area contributed by atoms with E-state index < -0.39 is 5.60 Å². The van der Waals surface area contributed by atoms with Gasteiger partial charge >= 0.3 is 0 Å². The molecule has 0 aliphatic carbocycles. The molecule has 4 heteroatoms. The van der Waals surface area contributed by atoms with Crippen LogP contribution in [0.2, 0.25) is 0 Å². The lowest BCUT2D eigenvalue weighted by atomic mass is 9.75. The zero-order chi connectivity index (χ0) is 10.5. The van der Waals surface area contributed by atoms with Crippen molar-refractivity contribution in [1.82, 2.24) is 9.88 Å². The topological polar surface area (TPSA) is 49.5 Å². The maximum absolute atomic E-state index is 10.6. The van der Waals surface area contributed by atoms with Crippen LogP contribution in [-0.4, -0.2) is 34.6 Å². The fourth-order valence-corrected chi connectivity index (χ4v) is 2.83. The van der Waals surface area contributed by atoms with Crippen molar-refractivity contribution in [2.75, 3.05) is 19.6 Å². The fourth-order valence-electron chi connectivity index (χ4n) is 2.83. The molecule has 1 aromatic rings. The lowest BCUT2D eigenvalue weighted by Crippen LogP contribution is -2.57. The molecule has 4 heterocycles. The van der Waals surface area contributed by atoms with E-state index in [2.05, 4.69) is 9.88 Å². The molecule has 3 saturated heterocycles. The van der Waals surface area contributed by atoms with E-state index in [-0.39, 0.29) is 0 Å². The van der Waals surface area contributed by atoms with Crippen LogP contribution < -0.4 is 0 Å². The smallest absolute Gasteiger partial charge is 0.227 e. The molecule has 0 spiro atoms. The zero-order valence-corrected chi connectivity index (χ0v) is 8.94. The van der Waals surface area contributed by atoms with Crippen LogP contribution in [0, 0.1) is 12.8 Å². The second-order valence-electron chi connectivity index (χ2n) is 4.77. The maximum atomic E-state index is 10.6. The van der Waals surface area contributed by atoms with Crippen LogP contribution in [0.1, 0.15) is 24.4 Å². The number of fused-ring (bicyclic) bond motifs is 3. The lowest BCUT2D eigenvalue weighted by molar-refractivity contribution is -0.132. The van der Waals surface area contributed by atoms with Gasteiger partial charge in [-0.3, -0.25) is 4.90 Å². The Morgan fingerprint density at radius 1 is 1.53 bits per heavy atom. The van der Waals surface area contributed by atoms with E-state index in [1.807, 2.05) is 6.92 Å². The number of aromatic nitrogens is 1. The van der Waals surface area contributed by atoms with Gasteiger partial charge < -0.3 is 9.52 Å². The highest BCUT2D eigenvalue weighted by Crippen LogP contribution is 2.41. The van der Waals surface area contributed by atoms with Crippen molar-refractivity contribution in [3.8, 4) is 0 Å². The molecule has 1 atom stereocenters. The predicted octanol–water partition coefficient (Wildman–Crippen LogP) is 0.896. The van der Waals surface area contributed by atoms with Crippen molar-refractivity contribution in [2.45, 2.75) is 25.4 Å². The first kappa shape index (κ1) is 9.36. The number of hydrogen-bond acceptors (Lipinski definition) is 4. The van der Waals surface area contributed by atoms with Crippen molar-refractivity contribution in [3.63, 3.8) is 0 Å². The Labute approximate surface area is 88.9 Å². The van der Waals surface area contributed by atoms with Crippen LogP contribution in [0.25, 0.3) is 0 Å². The first-order valence-electron chi connectivity index (χ1n) is 5.56. The predicted molar refractivity (Wildman–Crippen MR) is 54.3 cm³/mol. The standard InChI is InChI=1S/C11H16N2O2/c1-8-6-15-10(12-8)11(14)7-13-4-2-9(11)3-5-13/h6,9,14H,2-5,7H2,1H3. The third kappa shape index (κ3) is 1.32. The first-order chi connectivity index (χ1) is 7.18. The van der Waals surface area contributed by atoms with Gasteiger partial charge in [-0.25, -0.2) is 4.98 Å². The molecule has 2 bridgehead atoms. The normalized spacial score (nSPS) is 39.6. The second-order valence-corrected chi connectivity index (χ2v) is 4.77. The molecule has 0 amide bonds. The quantitative estimate of drug-likeness (QED) is 0.745. The van der Waals surface area contributed by atoms with Crippen molar-refractivity contribution in [3.05, 3.63) is 17.8 Å². The number of aryl methyl sites for hydroxylation is 1. The summed E-state index contributed by atoms with van der Waals surface area (Å²) < 4.78 is 5.37. The molecule has 3 aliphatic rings. The Morgan fingerprint density at radius 2 is 2.27 bits per heavy atom. The molecule has 0 saturated carbocycles. The zero-order valence-electron chi connectivity index (χ0n) is 8.94. The largest absolute Gasteiger partial charge is 0.446 e. The van der Waals surface area contributed by atoms with Gasteiger partial charge in [0.1, 0.15) is 6.26 Å². The maximum Gasteiger partial charge on any atom is 0.227 e. The van der Waals surface area contributed by atoms with Crippen LogP contribution >= 0.6 is 0 Å². The van der Waals surface area contributed by atoms with Crippen LogP contribution in [-0.2, 0) is 5.60 Å². The summed E-state index contributed by atoms with van der Waals surface area (Å²) >= 11 is 0. The highest BCUT2D eigenvalue weighted by Gasteiger charge is 2.49. The summed E-state index contributed by atoms with van der Waals surface area (Å²) in [6, 6.07) is 0. The minimum absolute atomic E-state index is 0.320. The number of oxazole rings is 1. The minimum atomic E-state index is -0.842. The molecule has 3 aliphatic heterocycles. The monoisotopic (exact) mass is 208 g/mol. The van der Waals surface area contributed by atoms with Gasteiger partial charge in [-0.05, 0) is 32.9 Å². The van der Waals surface area contributed by atoms with Gasteiger partial charge in [-0.15, -0.1) is 0 Å². The second kappa shape index (κ2) is 3.06. The summed E-state index contributed by atoms with van der Waals surface area (Å²) in [6.45, 7) is 4.77. The van der Waals surface area contributed by atoms with Crippen LogP contribution in [0.5, 0.6) is 0 Å². The minimum Gasteiger partial charge on any atom is -0.446 e. The third-order valence-electron chi connectivity index (χ3n) is 3.72. The number of aliphatic hydroxyl groups is 1. The highest BCUT2D eigenvalue weighted by molar-refractivity contribution is 5.10. The highest BCUT2D eigenvalue weighted by atomic mass is 16.4. The van der Waals surface area contributed by atoms with Gasteiger partial charge in [0.15, 0.2) is 5.60 Å². The van der Waals surface area contributed by atoms with Gasteiger partial charge in [-0.2, -0.15) is 0 Å². The Kier molecular flexibility index (Phi) is 1.91. The van der Waals surface area contributed by atoms with Gasteiger partial charge in [0.05, 0.1) is 5.69 Å². The van der Waals surface area contributed by atoms with E-state index in [0.717, 1.165) is 31.6 Å². The van der Waals surface area contributed by atoms with Crippen LogP contribution in [0.4, 0.5) is 0 Å². The van der Waals surface area contributed by atoms with Crippen LogP contribution in [0.3, 0.4) is 0 Å². The van der Waals surface area contributed by atoms with E-state index >= 15 is 0 Å². The summed E-state index contributed by atoms with van der Waals surface area (Å²) in [6.07, 6.45) is 3.72. The van der Waals surface area contributed by atoms with Gasteiger partial charge in [0, 0.05) is 12.5 Å². The Balaban J connectivity index is 1.96. The van der Waals surface area contributed by atoms with Gasteiger partial charge in [-0.1, -0.05) is 0 Å². The molecule has 4 nitrogen and oxygen atoms in total. The molecule has 0 aromatic carbocycles. The fraction of sp³-hybridized carbons (Fsp3) is 0.727. The molecule has 0 radical (unpaired) electrons. The molecule has 1 aromatic heterocycles. The third-order valence-corrected chi connectivity index (χ3v) is 3.72. The molecule has 82 valence electrons. The van der Waals surface area contributed by atoms with E-state index in [9.17, 15) is 5.11 Å². The average molecular weight is 208 g/mol. The Morgan fingerprint density at radius 3 is 2.73 bits per heavy atom. The van der Waals surface area contributed by atoms with Crippen molar-refractivity contribution in [1.29, 1.82) is 0 Å². The van der Waals surface area contributed by atoms with Crippen molar-refractivity contribution in [2.24, 2.45) is 5.92 Å². The average Bonchev–Trinajstić information content (AvgIpc) is 2.67. The van der Waals surface area contributed by atoms with E-state index in [0.29, 0.717) is 18.4 Å². The molecule has 4 rings (SSSR count). The Bertz CT molecular complexity index is 368. The molecule has 3 fully saturated rings. The van der Waals surface area contributed by atoms with E-state index in [1.54, 1.807) is 6.26 Å². The molecule has 15 heavy (non-hydrogen) atoms. The molecule has 1 N–H and O–H groups in total. The molecular weight excluding hydrogens is 192 g/mol. The van der Waals surface area contributed by atoms with Gasteiger partial charge in [0.25, 0.3) is 0 Å². The Hall–Kier alpha value is -0.870. The number of piperidine rings is 3.